The van der Waals surface area contributed by atoms with Crippen molar-refractivity contribution in [2.75, 3.05) is 0 Å². The number of aromatic nitrogens is 2. The predicted molar refractivity (Wildman–Crippen MR) is 313 cm³/mol. The first-order valence-electron chi connectivity index (χ1n) is 25.5. The number of rotatable bonds is 9. The third-order valence-electron chi connectivity index (χ3n) is 15.0. The van der Waals surface area contributed by atoms with Crippen molar-refractivity contribution < 1.29 is 0 Å². The number of hydrogen-bond donors (Lipinski definition) is 0. The maximum Gasteiger partial charge on any atom is 0.0541 e. The van der Waals surface area contributed by atoms with Crippen molar-refractivity contribution in [2.24, 2.45) is 0 Å². The molecule has 0 atom stereocenters. The van der Waals surface area contributed by atoms with Gasteiger partial charge in [0.05, 0.1) is 22.1 Å². The fourth-order valence-corrected chi connectivity index (χ4v) is 11.2. The van der Waals surface area contributed by atoms with Crippen LogP contribution in [-0.4, -0.2) is 9.13 Å². The molecule has 0 unspecified atom stereocenters. The van der Waals surface area contributed by atoms with Crippen molar-refractivity contribution in [3.8, 4) is 89.3 Å². The summed E-state index contributed by atoms with van der Waals surface area (Å²) < 4.78 is 4.81. The summed E-state index contributed by atoms with van der Waals surface area (Å²) in [5, 5.41) is 4.98. The van der Waals surface area contributed by atoms with Gasteiger partial charge in [-0.05, 0) is 151 Å². The molecule has 0 saturated heterocycles. The number of nitrogens with zero attached hydrogens (tertiary/aromatic N) is 2. The van der Waals surface area contributed by atoms with Crippen LogP contribution >= 0.6 is 0 Å². The standard InChI is InChI=1S/C72H48N2/c1-3-13-49(14-4-1)51-25-29-55(30-26-51)57-17-11-19-59(45-57)60-20-12-18-58(46-60)56-31-27-52(28-32-56)54-35-41-64(42-36-54)74-70-24-10-8-22-66(70)68-48-62(38-44-72(68)74)61-37-43-71-67(47-61)65-21-7-9-23-69(65)73(71)63-39-33-53(34-40-63)50-15-5-2-6-16-50/h1-48H. The predicted octanol–water partition coefficient (Wildman–Crippen LogP) is 19.5. The molecule has 0 N–H and O–H groups in total. The van der Waals surface area contributed by atoms with Gasteiger partial charge in [-0.1, -0.05) is 218 Å². The van der Waals surface area contributed by atoms with Crippen molar-refractivity contribution in [1.82, 2.24) is 9.13 Å². The highest BCUT2D eigenvalue weighted by molar-refractivity contribution is 6.12. The third kappa shape index (κ3) is 7.69. The lowest BCUT2D eigenvalue weighted by molar-refractivity contribution is 1.18. The first kappa shape index (κ1) is 43.1. The number of hydrogen-bond acceptors (Lipinski definition) is 0. The maximum absolute atomic E-state index is 2.41. The van der Waals surface area contributed by atoms with Crippen molar-refractivity contribution >= 4 is 43.6 Å². The molecule has 2 aromatic heterocycles. The van der Waals surface area contributed by atoms with E-state index in [-0.39, 0.29) is 0 Å². The SMILES string of the molecule is c1ccc(-c2ccc(-c3cccc(-c4cccc(-c5ccc(-c6ccc(-n7c8ccccc8c8cc(-c9ccc%10c(c9)c9ccccc9n%10-c9ccc(-c%10ccccc%10)cc9)ccc87)cc6)cc5)c4)c3)cc2)cc1. The van der Waals surface area contributed by atoms with Crippen LogP contribution in [0.25, 0.3) is 133 Å². The van der Waals surface area contributed by atoms with E-state index < -0.39 is 0 Å². The molecular formula is C72H48N2. The van der Waals surface area contributed by atoms with Gasteiger partial charge in [-0.15, -0.1) is 0 Å². The number of para-hydroxylation sites is 2. The summed E-state index contributed by atoms with van der Waals surface area (Å²) in [6.07, 6.45) is 0. The van der Waals surface area contributed by atoms with Crippen LogP contribution in [0.2, 0.25) is 0 Å². The molecule has 0 amide bonds. The van der Waals surface area contributed by atoms with E-state index in [2.05, 4.69) is 300 Å². The van der Waals surface area contributed by atoms with Crippen LogP contribution in [0.5, 0.6) is 0 Å². The summed E-state index contributed by atoms with van der Waals surface area (Å²) in [7, 11) is 0. The van der Waals surface area contributed by atoms with Gasteiger partial charge in [0.2, 0.25) is 0 Å². The second-order valence-corrected chi connectivity index (χ2v) is 19.3. The van der Waals surface area contributed by atoms with Gasteiger partial charge in [0.25, 0.3) is 0 Å². The second kappa shape index (κ2) is 18.1. The number of fused-ring (bicyclic) bond motifs is 6. The highest BCUT2D eigenvalue weighted by Crippen LogP contribution is 2.40. The average Bonchev–Trinajstić information content (AvgIpc) is 4.01. The van der Waals surface area contributed by atoms with Crippen LogP contribution < -0.4 is 0 Å². The lowest BCUT2D eigenvalue weighted by Crippen LogP contribution is -1.94. The van der Waals surface area contributed by atoms with Crippen LogP contribution in [-0.2, 0) is 0 Å². The van der Waals surface area contributed by atoms with E-state index in [1.807, 2.05) is 0 Å². The zero-order valence-corrected chi connectivity index (χ0v) is 40.6. The molecule has 2 heterocycles. The van der Waals surface area contributed by atoms with Gasteiger partial charge in [0.15, 0.2) is 0 Å². The van der Waals surface area contributed by atoms with Crippen molar-refractivity contribution in [3.05, 3.63) is 291 Å². The second-order valence-electron chi connectivity index (χ2n) is 19.3. The van der Waals surface area contributed by atoms with Crippen molar-refractivity contribution in [1.29, 1.82) is 0 Å². The average molecular weight is 941 g/mol. The molecular weight excluding hydrogens is 893 g/mol. The molecule has 0 fully saturated rings. The summed E-state index contributed by atoms with van der Waals surface area (Å²) in [5.41, 5.74) is 24.0. The Morgan fingerprint density at radius 1 is 0.149 bits per heavy atom. The topological polar surface area (TPSA) is 9.86 Å². The monoisotopic (exact) mass is 940 g/mol. The Bertz CT molecular complexity index is 4350. The Morgan fingerprint density at radius 3 is 0.770 bits per heavy atom. The first-order valence-corrected chi connectivity index (χ1v) is 25.5. The number of benzene rings is 12. The van der Waals surface area contributed by atoms with Crippen LogP contribution in [0.1, 0.15) is 0 Å². The van der Waals surface area contributed by atoms with Gasteiger partial charge in [-0.3, -0.25) is 0 Å². The van der Waals surface area contributed by atoms with Crippen LogP contribution in [0.4, 0.5) is 0 Å². The van der Waals surface area contributed by atoms with E-state index in [4.69, 9.17) is 0 Å². The Kier molecular flexibility index (Phi) is 10.6. The molecule has 0 aliphatic carbocycles. The Labute approximate surface area is 431 Å². The Hall–Kier alpha value is -9.76. The van der Waals surface area contributed by atoms with E-state index in [1.54, 1.807) is 0 Å². The molecule has 0 radical (unpaired) electrons. The lowest BCUT2D eigenvalue weighted by atomic mass is 9.95. The molecule has 14 rings (SSSR count). The summed E-state index contributed by atoms with van der Waals surface area (Å²) in [6.45, 7) is 0. The third-order valence-corrected chi connectivity index (χ3v) is 15.0. The van der Waals surface area contributed by atoms with E-state index in [9.17, 15) is 0 Å². The summed E-state index contributed by atoms with van der Waals surface area (Å²) in [5.74, 6) is 0. The van der Waals surface area contributed by atoms with Gasteiger partial charge in [0, 0.05) is 32.9 Å². The first-order chi connectivity index (χ1) is 36.7. The van der Waals surface area contributed by atoms with Crippen LogP contribution in [0, 0.1) is 0 Å². The Morgan fingerprint density at radius 2 is 0.392 bits per heavy atom. The van der Waals surface area contributed by atoms with Crippen molar-refractivity contribution in [2.45, 2.75) is 0 Å². The largest absolute Gasteiger partial charge is 0.309 e. The molecule has 12 aromatic carbocycles. The minimum atomic E-state index is 1.14. The molecule has 0 bridgehead atoms. The lowest BCUT2D eigenvalue weighted by Gasteiger charge is -2.11. The summed E-state index contributed by atoms with van der Waals surface area (Å²) >= 11 is 0. The quantitative estimate of drug-likeness (QED) is 0.136. The highest BCUT2D eigenvalue weighted by Gasteiger charge is 2.17. The molecule has 74 heavy (non-hydrogen) atoms. The van der Waals surface area contributed by atoms with Gasteiger partial charge < -0.3 is 9.13 Å². The van der Waals surface area contributed by atoms with Gasteiger partial charge in [0.1, 0.15) is 0 Å². The van der Waals surface area contributed by atoms with E-state index in [0.29, 0.717) is 0 Å². The minimum absolute atomic E-state index is 1.14. The zero-order valence-electron chi connectivity index (χ0n) is 40.6. The van der Waals surface area contributed by atoms with Crippen molar-refractivity contribution in [3.63, 3.8) is 0 Å². The molecule has 346 valence electrons. The van der Waals surface area contributed by atoms with Gasteiger partial charge >= 0.3 is 0 Å². The summed E-state index contributed by atoms with van der Waals surface area (Å²) in [4.78, 5) is 0. The van der Waals surface area contributed by atoms with Crippen LogP contribution in [0.15, 0.2) is 291 Å². The van der Waals surface area contributed by atoms with E-state index >= 15 is 0 Å². The normalized spacial score (nSPS) is 11.5. The highest BCUT2D eigenvalue weighted by atomic mass is 15.0. The molecule has 0 saturated carbocycles. The molecule has 0 aliphatic rings. The maximum atomic E-state index is 2.41. The van der Waals surface area contributed by atoms with Crippen LogP contribution in [0.3, 0.4) is 0 Å². The fourth-order valence-electron chi connectivity index (χ4n) is 11.2. The molecule has 0 spiro atoms. The minimum Gasteiger partial charge on any atom is -0.309 e. The van der Waals surface area contributed by atoms with E-state index in [1.165, 1.54) is 122 Å². The molecule has 0 aliphatic heterocycles. The Balaban J connectivity index is 0.731. The fraction of sp³-hybridized carbons (Fsp3) is 0. The molecule has 2 nitrogen and oxygen atoms in total. The van der Waals surface area contributed by atoms with Gasteiger partial charge in [-0.2, -0.15) is 0 Å². The summed E-state index contributed by atoms with van der Waals surface area (Å²) in [6, 6.07) is 106. The molecule has 14 aromatic rings. The smallest absolute Gasteiger partial charge is 0.0541 e. The van der Waals surface area contributed by atoms with E-state index in [0.717, 1.165) is 11.4 Å². The molecule has 2 heteroatoms. The van der Waals surface area contributed by atoms with Gasteiger partial charge in [-0.25, -0.2) is 0 Å². The zero-order chi connectivity index (χ0) is 49.0.